The second kappa shape index (κ2) is 5.76. The number of nitrogens with zero attached hydrogens (tertiary/aromatic N) is 2. The topological polar surface area (TPSA) is 62.5 Å². The number of hydrogen-bond acceptors (Lipinski definition) is 3. The quantitative estimate of drug-likeness (QED) is 0.750. The number of aromatic nitrogens is 1. The maximum Gasteiger partial charge on any atom is 0.229 e. The number of hydrogen-bond donors (Lipinski definition) is 1. The van der Waals surface area contributed by atoms with E-state index in [1.54, 1.807) is 0 Å². The van der Waals surface area contributed by atoms with E-state index >= 15 is 0 Å². The number of carbonyl (C=O) groups is 2. The molecule has 24 heavy (non-hydrogen) atoms. The summed E-state index contributed by atoms with van der Waals surface area (Å²) >= 11 is 0. The average molecular weight is 322 g/mol. The van der Waals surface area contributed by atoms with Crippen molar-refractivity contribution in [3.63, 3.8) is 0 Å². The molecule has 2 aromatic carbocycles. The maximum absolute atomic E-state index is 11.7. The molecular formula is C19H18N2O3. The van der Waals surface area contributed by atoms with Gasteiger partial charge in [0.2, 0.25) is 11.8 Å². The number of benzene rings is 2. The number of para-hydroxylation sites is 2. The Kier molecular flexibility index (Phi) is 3.58. The van der Waals surface area contributed by atoms with Crippen molar-refractivity contribution in [1.82, 2.24) is 9.47 Å². The molecule has 5 heteroatoms. The van der Waals surface area contributed by atoms with Gasteiger partial charge in [-0.1, -0.05) is 36.4 Å². The Morgan fingerprint density at radius 3 is 1.88 bits per heavy atom. The summed E-state index contributed by atoms with van der Waals surface area (Å²) in [7, 11) is 0. The van der Waals surface area contributed by atoms with Gasteiger partial charge in [-0.05, 0) is 12.1 Å². The molecule has 1 aliphatic rings. The van der Waals surface area contributed by atoms with E-state index in [4.69, 9.17) is 0 Å². The van der Waals surface area contributed by atoms with Gasteiger partial charge in [0.1, 0.15) is 0 Å². The summed E-state index contributed by atoms with van der Waals surface area (Å²) in [6.07, 6.45) is -0.294. The molecule has 0 unspecified atom stereocenters. The molecule has 0 saturated carbocycles. The molecule has 4 rings (SSSR count). The molecule has 0 spiro atoms. The zero-order chi connectivity index (χ0) is 16.7. The third-order valence-corrected chi connectivity index (χ3v) is 4.62. The van der Waals surface area contributed by atoms with Gasteiger partial charge in [-0.15, -0.1) is 0 Å². The van der Waals surface area contributed by atoms with Crippen molar-refractivity contribution in [3.05, 3.63) is 48.5 Å². The Morgan fingerprint density at radius 1 is 0.833 bits per heavy atom. The zero-order valence-electron chi connectivity index (χ0n) is 13.2. The monoisotopic (exact) mass is 322 g/mol. The van der Waals surface area contributed by atoms with Crippen LogP contribution in [0.5, 0.6) is 0 Å². The summed E-state index contributed by atoms with van der Waals surface area (Å²) < 4.78 is 2.06. The number of imide groups is 1. The summed E-state index contributed by atoms with van der Waals surface area (Å²) in [6.45, 7) is 0.392. The Labute approximate surface area is 139 Å². The van der Waals surface area contributed by atoms with E-state index in [9.17, 15) is 14.7 Å². The first-order chi connectivity index (χ1) is 11.6. The van der Waals surface area contributed by atoms with Crippen LogP contribution in [-0.4, -0.2) is 39.0 Å². The van der Waals surface area contributed by atoms with E-state index in [1.165, 1.54) is 4.90 Å². The van der Waals surface area contributed by atoms with Crippen molar-refractivity contribution in [2.75, 3.05) is 6.54 Å². The van der Waals surface area contributed by atoms with Crippen molar-refractivity contribution in [1.29, 1.82) is 0 Å². The SMILES string of the molecule is O=C1CCC(=O)N1C[C@H](O)Cn1c2ccccc2c2ccccc21. The molecule has 1 aromatic heterocycles. The maximum atomic E-state index is 11.7. The molecule has 5 nitrogen and oxygen atoms in total. The van der Waals surface area contributed by atoms with E-state index in [1.807, 2.05) is 36.4 Å². The predicted octanol–water partition coefficient (Wildman–Crippen LogP) is 2.30. The lowest BCUT2D eigenvalue weighted by Gasteiger charge is -2.19. The van der Waals surface area contributed by atoms with Crippen LogP contribution in [-0.2, 0) is 16.1 Å². The van der Waals surface area contributed by atoms with Gasteiger partial charge in [-0.3, -0.25) is 14.5 Å². The summed E-state index contributed by atoms with van der Waals surface area (Å²) in [5, 5.41) is 12.7. The van der Waals surface area contributed by atoms with Gasteiger partial charge in [0.25, 0.3) is 0 Å². The van der Waals surface area contributed by atoms with Gasteiger partial charge < -0.3 is 9.67 Å². The molecule has 1 aliphatic heterocycles. The summed E-state index contributed by atoms with van der Waals surface area (Å²) in [6, 6.07) is 16.1. The third-order valence-electron chi connectivity index (χ3n) is 4.62. The highest BCUT2D eigenvalue weighted by Crippen LogP contribution is 2.29. The van der Waals surface area contributed by atoms with E-state index in [0.717, 1.165) is 21.8 Å². The van der Waals surface area contributed by atoms with Crippen molar-refractivity contribution < 1.29 is 14.7 Å². The number of likely N-dealkylation sites (tertiary alicyclic amines) is 1. The van der Waals surface area contributed by atoms with Crippen LogP contribution in [0.2, 0.25) is 0 Å². The van der Waals surface area contributed by atoms with Crippen molar-refractivity contribution in [2.24, 2.45) is 0 Å². The van der Waals surface area contributed by atoms with Crippen molar-refractivity contribution in [3.8, 4) is 0 Å². The molecule has 1 fully saturated rings. The normalized spacial score (nSPS) is 16.5. The molecule has 0 bridgehead atoms. The fraction of sp³-hybridized carbons (Fsp3) is 0.263. The van der Waals surface area contributed by atoms with Gasteiger partial charge in [-0.2, -0.15) is 0 Å². The number of fused-ring (bicyclic) bond motifs is 3. The van der Waals surface area contributed by atoms with Crippen LogP contribution in [0.1, 0.15) is 12.8 Å². The molecule has 2 heterocycles. The molecule has 0 aliphatic carbocycles. The summed E-state index contributed by atoms with van der Waals surface area (Å²) in [5.74, 6) is -0.387. The predicted molar refractivity (Wildman–Crippen MR) is 91.4 cm³/mol. The minimum atomic E-state index is -0.796. The molecule has 1 saturated heterocycles. The molecule has 2 amide bonds. The fourth-order valence-electron chi connectivity index (χ4n) is 3.51. The van der Waals surface area contributed by atoms with E-state index < -0.39 is 6.10 Å². The number of aliphatic hydroxyl groups excluding tert-OH is 1. The first-order valence-corrected chi connectivity index (χ1v) is 8.12. The van der Waals surface area contributed by atoms with Crippen LogP contribution in [0, 0.1) is 0 Å². The van der Waals surface area contributed by atoms with Gasteiger partial charge in [0.15, 0.2) is 0 Å². The van der Waals surface area contributed by atoms with Crippen molar-refractivity contribution >= 4 is 33.6 Å². The third kappa shape index (κ3) is 2.37. The van der Waals surface area contributed by atoms with Crippen molar-refractivity contribution in [2.45, 2.75) is 25.5 Å². The number of β-amino-alcohol motifs (C(OH)–C–C–N with tert-alkyl or cyclic N) is 1. The smallest absolute Gasteiger partial charge is 0.229 e. The number of rotatable bonds is 4. The van der Waals surface area contributed by atoms with Gasteiger partial charge in [0, 0.05) is 34.6 Å². The Morgan fingerprint density at radius 2 is 1.33 bits per heavy atom. The molecule has 0 radical (unpaired) electrons. The standard InChI is InChI=1S/C19H18N2O3/c22-13(12-21-18(23)9-10-19(21)24)11-20-16-7-3-1-5-14(16)15-6-2-4-8-17(15)20/h1-8,13,22H,9-12H2/t13-/m1/s1. The second-order valence-corrected chi connectivity index (χ2v) is 6.20. The lowest BCUT2D eigenvalue weighted by Crippen LogP contribution is -2.38. The second-order valence-electron chi connectivity index (χ2n) is 6.20. The first-order valence-electron chi connectivity index (χ1n) is 8.12. The largest absolute Gasteiger partial charge is 0.389 e. The fourth-order valence-corrected chi connectivity index (χ4v) is 3.51. The zero-order valence-corrected chi connectivity index (χ0v) is 13.2. The Bertz CT molecular complexity index is 875. The summed E-state index contributed by atoms with van der Waals surface area (Å²) in [4.78, 5) is 24.6. The highest BCUT2D eigenvalue weighted by molar-refractivity contribution is 6.08. The van der Waals surface area contributed by atoms with Crippen LogP contribution < -0.4 is 0 Å². The molecule has 1 atom stereocenters. The highest BCUT2D eigenvalue weighted by atomic mass is 16.3. The van der Waals surface area contributed by atoms with Crippen LogP contribution in [0.15, 0.2) is 48.5 Å². The number of amides is 2. The van der Waals surface area contributed by atoms with Crippen LogP contribution in [0.25, 0.3) is 21.8 Å². The van der Waals surface area contributed by atoms with Crippen LogP contribution in [0.4, 0.5) is 0 Å². The van der Waals surface area contributed by atoms with E-state index in [0.29, 0.717) is 6.54 Å². The lowest BCUT2D eigenvalue weighted by atomic mass is 10.2. The summed E-state index contributed by atoms with van der Waals surface area (Å²) in [5.41, 5.74) is 2.08. The minimum Gasteiger partial charge on any atom is -0.389 e. The van der Waals surface area contributed by atoms with E-state index in [2.05, 4.69) is 16.7 Å². The van der Waals surface area contributed by atoms with Crippen LogP contribution in [0.3, 0.4) is 0 Å². The number of aliphatic hydroxyl groups is 1. The van der Waals surface area contributed by atoms with Gasteiger partial charge >= 0.3 is 0 Å². The first kappa shape index (κ1) is 14.9. The molecular weight excluding hydrogens is 304 g/mol. The van der Waals surface area contributed by atoms with Crippen LogP contribution >= 0.6 is 0 Å². The number of carbonyl (C=O) groups excluding carboxylic acids is 2. The average Bonchev–Trinajstić information content (AvgIpc) is 3.08. The minimum absolute atomic E-state index is 0.0541. The Hall–Kier alpha value is -2.66. The Balaban J connectivity index is 1.68. The van der Waals surface area contributed by atoms with E-state index in [-0.39, 0.29) is 31.2 Å². The molecule has 122 valence electrons. The van der Waals surface area contributed by atoms with Gasteiger partial charge in [0.05, 0.1) is 19.2 Å². The lowest BCUT2D eigenvalue weighted by molar-refractivity contribution is -0.140. The molecule has 1 N–H and O–H groups in total. The van der Waals surface area contributed by atoms with Gasteiger partial charge in [-0.25, -0.2) is 0 Å². The highest BCUT2D eigenvalue weighted by Gasteiger charge is 2.30. The molecule has 3 aromatic rings.